The van der Waals surface area contributed by atoms with Gasteiger partial charge in [-0.1, -0.05) is 35.8 Å². The van der Waals surface area contributed by atoms with E-state index in [0.29, 0.717) is 12.4 Å². The van der Waals surface area contributed by atoms with Gasteiger partial charge in [0, 0.05) is 27.3 Å². The molecule has 0 aliphatic rings. The van der Waals surface area contributed by atoms with E-state index in [9.17, 15) is 8.42 Å². The van der Waals surface area contributed by atoms with E-state index >= 15 is 0 Å². The molecule has 0 N–H and O–H groups in total. The number of nitrogens with zero attached hydrogens (tertiary/aromatic N) is 3. The zero-order valence-electron chi connectivity index (χ0n) is 11.8. The molecule has 0 saturated heterocycles. The highest BCUT2D eigenvalue weighted by molar-refractivity contribution is 9.10. The minimum absolute atomic E-state index is 0.222. The van der Waals surface area contributed by atoms with Crippen molar-refractivity contribution in [2.24, 2.45) is 5.92 Å². The third kappa shape index (κ3) is 3.64. The Morgan fingerprint density at radius 1 is 1.33 bits per heavy atom. The van der Waals surface area contributed by atoms with Crippen molar-refractivity contribution in [1.29, 1.82) is 0 Å². The van der Waals surface area contributed by atoms with Gasteiger partial charge in [0.1, 0.15) is 0 Å². The SMILES string of the molecule is Cc1ccc(-c2nnc(S(=O)(=O)Cl)n2CC(C)C)c(Br)c1. The van der Waals surface area contributed by atoms with Gasteiger partial charge < -0.3 is 0 Å². The summed E-state index contributed by atoms with van der Waals surface area (Å²) in [5.74, 6) is 0.705. The molecule has 0 atom stereocenters. The van der Waals surface area contributed by atoms with Crippen molar-refractivity contribution in [2.75, 3.05) is 0 Å². The topological polar surface area (TPSA) is 64.8 Å². The number of rotatable bonds is 4. The van der Waals surface area contributed by atoms with Crippen molar-refractivity contribution < 1.29 is 8.42 Å². The average Bonchev–Trinajstić information content (AvgIpc) is 2.71. The summed E-state index contributed by atoms with van der Waals surface area (Å²) in [5, 5.41) is 7.55. The molecule has 0 bridgehead atoms. The van der Waals surface area contributed by atoms with Gasteiger partial charge in [0.2, 0.25) is 0 Å². The molecule has 8 heteroatoms. The molecule has 2 rings (SSSR count). The fourth-order valence-electron chi connectivity index (χ4n) is 2.00. The highest BCUT2D eigenvalue weighted by atomic mass is 79.9. The lowest BCUT2D eigenvalue weighted by Gasteiger charge is -2.12. The minimum atomic E-state index is -3.94. The quantitative estimate of drug-likeness (QED) is 0.746. The third-order valence-corrected chi connectivity index (χ3v) is 4.66. The smallest absolute Gasteiger partial charge is 0.296 e. The Balaban J connectivity index is 2.66. The molecule has 2 aromatic rings. The molecule has 1 heterocycles. The predicted molar refractivity (Wildman–Crippen MR) is 85.8 cm³/mol. The van der Waals surface area contributed by atoms with Crippen LogP contribution in [0.3, 0.4) is 0 Å². The predicted octanol–water partition coefficient (Wildman–Crippen LogP) is 3.60. The van der Waals surface area contributed by atoms with Gasteiger partial charge >= 0.3 is 0 Å². The summed E-state index contributed by atoms with van der Waals surface area (Å²) in [6.07, 6.45) is 0. The molecule has 0 amide bonds. The molecule has 1 aromatic carbocycles. The number of aromatic nitrogens is 3. The van der Waals surface area contributed by atoms with Crippen LogP contribution in [0.15, 0.2) is 27.8 Å². The highest BCUT2D eigenvalue weighted by Gasteiger charge is 2.24. The van der Waals surface area contributed by atoms with E-state index in [4.69, 9.17) is 10.7 Å². The lowest BCUT2D eigenvalue weighted by molar-refractivity contribution is 0.488. The summed E-state index contributed by atoms with van der Waals surface area (Å²) in [7, 11) is 1.51. The molecule has 0 fully saturated rings. The molecule has 114 valence electrons. The van der Waals surface area contributed by atoms with Crippen LogP contribution in [-0.4, -0.2) is 23.2 Å². The fraction of sp³-hybridized carbons (Fsp3) is 0.385. The summed E-state index contributed by atoms with van der Waals surface area (Å²) >= 11 is 3.48. The second-order valence-corrected chi connectivity index (χ2v) is 8.55. The summed E-state index contributed by atoms with van der Waals surface area (Å²) in [6.45, 7) is 6.41. The van der Waals surface area contributed by atoms with Crippen molar-refractivity contribution in [3.05, 3.63) is 28.2 Å². The lowest BCUT2D eigenvalue weighted by atomic mass is 10.1. The monoisotopic (exact) mass is 391 g/mol. The maximum Gasteiger partial charge on any atom is 0.296 e. The van der Waals surface area contributed by atoms with Crippen LogP contribution in [0.1, 0.15) is 19.4 Å². The Kier molecular flexibility index (Phi) is 4.75. The molecular formula is C13H15BrClN3O2S. The van der Waals surface area contributed by atoms with Crippen molar-refractivity contribution in [3.63, 3.8) is 0 Å². The molecule has 21 heavy (non-hydrogen) atoms. The fourth-order valence-corrected chi connectivity index (χ4v) is 3.58. The second-order valence-electron chi connectivity index (χ2n) is 5.23. The number of hydrogen-bond donors (Lipinski definition) is 0. The van der Waals surface area contributed by atoms with Crippen molar-refractivity contribution in [1.82, 2.24) is 14.8 Å². The molecule has 0 radical (unpaired) electrons. The van der Waals surface area contributed by atoms with E-state index in [1.165, 1.54) is 0 Å². The zero-order chi connectivity index (χ0) is 15.8. The van der Waals surface area contributed by atoms with E-state index in [1.54, 1.807) is 4.57 Å². The summed E-state index contributed by atoms with van der Waals surface area (Å²) in [4.78, 5) is 0. The van der Waals surface area contributed by atoms with E-state index in [0.717, 1.165) is 15.6 Å². The number of aryl methyl sites for hydroxylation is 1. The summed E-state index contributed by atoms with van der Waals surface area (Å²) in [6, 6.07) is 5.76. The Bertz CT molecular complexity index is 772. The zero-order valence-corrected chi connectivity index (χ0v) is 15.0. The Morgan fingerprint density at radius 2 is 2.00 bits per heavy atom. The van der Waals surface area contributed by atoms with Crippen LogP contribution in [0.5, 0.6) is 0 Å². The molecular weight excluding hydrogens is 378 g/mol. The van der Waals surface area contributed by atoms with Crippen molar-refractivity contribution in [2.45, 2.75) is 32.5 Å². The molecule has 0 aliphatic carbocycles. The maximum absolute atomic E-state index is 11.6. The lowest BCUT2D eigenvalue weighted by Crippen LogP contribution is -2.12. The van der Waals surface area contributed by atoms with Gasteiger partial charge in [-0.2, -0.15) is 0 Å². The normalized spacial score (nSPS) is 12.1. The van der Waals surface area contributed by atoms with Crippen LogP contribution < -0.4 is 0 Å². The highest BCUT2D eigenvalue weighted by Crippen LogP contribution is 2.30. The largest absolute Gasteiger partial charge is 0.297 e. The van der Waals surface area contributed by atoms with Crippen LogP contribution in [0.25, 0.3) is 11.4 Å². The van der Waals surface area contributed by atoms with Crippen LogP contribution >= 0.6 is 26.6 Å². The number of benzene rings is 1. The van der Waals surface area contributed by atoms with Gasteiger partial charge in [-0.25, -0.2) is 8.42 Å². The Labute approximate surface area is 136 Å². The van der Waals surface area contributed by atoms with Crippen LogP contribution in [0.2, 0.25) is 0 Å². The van der Waals surface area contributed by atoms with E-state index < -0.39 is 9.05 Å². The van der Waals surface area contributed by atoms with Crippen molar-refractivity contribution >= 4 is 35.7 Å². The van der Waals surface area contributed by atoms with Gasteiger partial charge in [-0.05, 0) is 30.5 Å². The second kappa shape index (κ2) is 6.06. The molecule has 5 nitrogen and oxygen atoms in total. The maximum atomic E-state index is 11.6. The summed E-state index contributed by atoms with van der Waals surface area (Å²) < 4.78 is 25.7. The Hall–Kier alpha value is -0.920. The van der Waals surface area contributed by atoms with Gasteiger partial charge in [0.25, 0.3) is 14.2 Å². The average molecular weight is 393 g/mol. The summed E-state index contributed by atoms with van der Waals surface area (Å²) in [5.41, 5.74) is 1.87. The van der Waals surface area contributed by atoms with Gasteiger partial charge in [0.15, 0.2) is 5.82 Å². The minimum Gasteiger partial charge on any atom is -0.297 e. The molecule has 0 aliphatic heterocycles. The first kappa shape index (κ1) is 16.5. The molecule has 0 spiro atoms. The van der Waals surface area contributed by atoms with E-state index in [1.807, 2.05) is 39.0 Å². The first-order valence-electron chi connectivity index (χ1n) is 6.34. The van der Waals surface area contributed by atoms with E-state index in [-0.39, 0.29) is 11.1 Å². The molecule has 0 unspecified atom stereocenters. The van der Waals surface area contributed by atoms with Gasteiger partial charge in [0.05, 0.1) is 0 Å². The number of hydrogen-bond acceptors (Lipinski definition) is 4. The van der Waals surface area contributed by atoms with Crippen molar-refractivity contribution in [3.8, 4) is 11.4 Å². The van der Waals surface area contributed by atoms with E-state index in [2.05, 4.69) is 26.1 Å². The van der Waals surface area contributed by atoms with Crippen LogP contribution in [0, 0.1) is 12.8 Å². The van der Waals surface area contributed by atoms with Gasteiger partial charge in [-0.15, -0.1) is 10.2 Å². The third-order valence-electron chi connectivity index (χ3n) is 2.85. The Morgan fingerprint density at radius 3 is 2.52 bits per heavy atom. The molecule has 0 saturated carbocycles. The molecule has 1 aromatic heterocycles. The first-order chi connectivity index (χ1) is 9.70. The van der Waals surface area contributed by atoms with Crippen LogP contribution in [0.4, 0.5) is 0 Å². The van der Waals surface area contributed by atoms with Gasteiger partial charge in [-0.3, -0.25) is 4.57 Å². The standard InChI is InChI=1S/C13H15BrClN3O2S/c1-8(2)7-18-12(16-17-13(18)21(15,19)20)10-5-4-9(3)6-11(10)14/h4-6,8H,7H2,1-3H3. The number of halogens is 2. The first-order valence-corrected chi connectivity index (χ1v) is 9.44. The van der Waals surface area contributed by atoms with Crippen LogP contribution in [-0.2, 0) is 15.6 Å².